The number of rotatable bonds is 29. The zero-order valence-corrected chi connectivity index (χ0v) is 28.9. The Hall–Kier alpha value is -1.26. The normalized spacial score (nSPS) is 19.2. The van der Waals surface area contributed by atoms with E-state index in [0.29, 0.717) is 70.8 Å². The molecular formula is C35H69N3O6. The van der Waals surface area contributed by atoms with Crippen LogP contribution in [0.25, 0.3) is 0 Å². The first-order valence-corrected chi connectivity index (χ1v) is 18.1. The molecule has 2 N–H and O–H groups in total. The molecule has 1 saturated heterocycles. The Kier molecular flexibility index (Phi) is 24.9. The highest BCUT2D eigenvalue weighted by Gasteiger charge is 2.28. The summed E-state index contributed by atoms with van der Waals surface area (Å²) < 4.78 is 10.5. The lowest BCUT2D eigenvalue weighted by atomic mass is 10.1. The third kappa shape index (κ3) is 20.7. The molecule has 260 valence electrons. The standard InChI is InChI=1S/C35H69N3O6/c1-5-7-9-11-13-15-18-33(40)28-36(29-34(41)19-16-14-12-10-8-6-2)21-17-20-35(42)44-25-23-38-27-31(3)37(26-32(38)4)22-24-43-30-39/h30-34,40-41H,5-29H2,1-4H3. The van der Waals surface area contributed by atoms with Gasteiger partial charge in [0.15, 0.2) is 0 Å². The number of hydrogen-bond donors (Lipinski definition) is 2. The van der Waals surface area contributed by atoms with Crippen molar-refractivity contribution in [2.24, 2.45) is 0 Å². The van der Waals surface area contributed by atoms with Gasteiger partial charge in [-0.2, -0.15) is 0 Å². The first kappa shape index (κ1) is 40.8. The van der Waals surface area contributed by atoms with Gasteiger partial charge in [-0.3, -0.25) is 24.3 Å². The van der Waals surface area contributed by atoms with E-state index in [1.807, 2.05) is 0 Å². The molecule has 1 aliphatic rings. The predicted octanol–water partition coefficient (Wildman–Crippen LogP) is 5.40. The molecule has 9 nitrogen and oxygen atoms in total. The van der Waals surface area contributed by atoms with E-state index in [4.69, 9.17) is 9.47 Å². The van der Waals surface area contributed by atoms with Gasteiger partial charge in [0.2, 0.25) is 0 Å². The van der Waals surface area contributed by atoms with Crippen LogP contribution in [0.5, 0.6) is 0 Å². The quantitative estimate of drug-likeness (QED) is 0.0641. The number of ether oxygens (including phenoxy) is 2. The number of unbranched alkanes of at least 4 members (excludes halogenated alkanes) is 10. The summed E-state index contributed by atoms with van der Waals surface area (Å²) in [5, 5.41) is 21.5. The topological polar surface area (TPSA) is 103 Å². The highest BCUT2D eigenvalue weighted by Crippen LogP contribution is 2.16. The van der Waals surface area contributed by atoms with E-state index < -0.39 is 12.2 Å². The number of nitrogens with zero attached hydrogens (tertiary/aromatic N) is 3. The fourth-order valence-electron chi connectivity index (χ4n) is 6.26. The average Bonchev–Trinajstić information content (AvgIpc) is 2.99. The number of hydrogen-bond acceptors (Lipinski definition) is 9. The zero-order chi connectivity index (χ0) is 32.4. The first-order chi connectivity index (χ1) is 21.3. The van der Waals surface area contributed by atoms with Crippen LogP contribution in [0, 0.1) is 0 Å². The Bertz CT molecular complexity index is 675. The zero-order valence-electron chi connectivity index (χ0n) is 28.9. The molecule has 0 aromatic rings. The number of piperazine rings is 1. The molecule has 44 heavy (non-hydrogen) atoms. The van der Waals surface area contributed by atoms with E-state index >= 15 is 0 Å². The van der Waals surface area contributed by atoms with Crippen LogP contribution in [0.3, 0.4) is 0 Å². The summed E-state index contributed by atoms with van der Waals surface area (Å²) in [6.45, 7) is 15.0. The molecular weight excluding hydrogens is 558 g/mol. The number of aliphatic hydroxyl groups excluding tert-OH is 2. The lowest BCUT2D eigenvalue weighted by molar-refractivity contribution is -0.144. The summed E-state index contributed by atoms with van der Waals surface area (Å²) in [6.07, 6.45) is 16.2. The van der Waals surface area contributed by atoms with Crippen molar-refractivity contribution in [2.45, 2.75) is 155 Å². The van der Waals surface area contributed by atoms with Gasteiger partial charge in [0, 0.05) is 57.8 Å². The van der Waals surface area contributed by atoms with Gasteiger partial charge in [-0.05, 0) is 39.7 Å². The van der Waals surface area contributed by atoms with Crippen molar-refractivity contribution in [2.75, 3.05) is 59.0 Å². The van der Waals surface area contributed by atoms with E-state index in [2.05, 4.69) is 42.4 Å². The SMILES string of the molecule is CCCCCCCCC(O)CN(CCCC(=O)OCCN1CC(C)N(CCOC=O)CC1C)CC(O)CCCCCCCC. The minimum Gasteiger partial charge on any atom is -0.467 e. The molecule has 1 aliphatic heterocycles. The number of carbonyl (C=O) groups is 2. The fourth-order valence-corrected chi connectivity index (χ4v) is 6.26. The van der Waals surface area contributed by atoms with E-state index in [9.17, 15) is 19.8 Å². The number of aliphatic hydroxyl groups is 2. The van der Waals surface area contributed by atoms with Gasteiger partial charge >= 0.3 is 5.97 Å². The molecule has 4 atom stereocenters. The Morgan fingerprint density at radius 3 is 1.75 bits per heavy atom. The maximum Gasteiger partial charge on any atom is 0.305 e. The Morgan fingerprint density at radius 2 is 1.25 bits per heavy atom. The molecule has 1 fully saturated rings. The van der Waals surface area contributed by atoms with E-state index in [-0.39, 0.29) is 5.97 Å². The molecule has 1 rings (SSSR count). The maximum absolute atomic E-state index is 12.5. The van der Waals surface area contributed by atoms with Gasteiger partial charge in [0.25, 0.3) is 6.47 Å². The fraction of sp³-hybridized carbons (Fsp3) is 0.943. The van der Waals surface area contributed by atoms with Gasteiger partial charge in [-0.15, -0.1) is 0 Å². The molecule has 4 unspecified atom stereocenters. The van der Waals surface area contributed by atoms with E-state index in [1.165, 1.54) is 51.4 Å². The molecule has 0 saturated carbocycles. The van der Waals surface area contributed by atoms with Crippen LogP contribution in [0.2, 0.25) is 0 Å². The Morgan fingerprint density at radius 1 is 0.773 bits per heavy atom. The smallest absolute Gasteiger partial charge is 0.305 e. The van der Waals surface area contributed by atoms with Crippen molar-refractivity contribution in [1.29, 1.82) is 0 Å². The maximum atomic E-state index is 12.5. The summed E-state index contributed by atoms with van der Waals surface area (Å²) in [6, 6.07) is 0.677. The molecule has 0 aromatic heterocycles. The lowest BCUT2D eigenvalue weighted by Gasteiger charge is -2.43. The van der Waals surface area contributed by atoms with Crippen LogP contribution in [-0.2, 0) is 19.1 Å². The monoisotopic (exact) mass is 628 g/mol. The molecule has 0 spiro atoms. The van der Waals surface area contributed by atoms with Gasteiger partial charge in [-0.1, -0.05) is 90.9 Å². The van der Waals surface area contributed by atoms with Crippen LogP contribution in [0.4, 0.5) is 0 Å². The summed E-state index contributed by atoms with van der Waals surface area (Å²) >= 11 is 0. The number of esters is 1. The Labute approximate surface area is 270 Å². The molecule has 0 aliphatic carbocycles. The first-order valence-electron chi connectivity index (χ1n) is 18.1. The molecule has 0 bridgehead atoms. The third-order valence-electron chi connectivity index (χ3n) is 9.03. The minimum atomic E-state index is -0.406. The van der Waals surface area contributed by atoms with E-state index in [1.54, 1.807) is 0 Å². The lowest BCUT2D eigenvalue weighted by Crippen LogP contribution is -2.57. The predicted molar refractivity (Wildman–Crippen MR) is 179 cm³/mol. The molecule has 0 aromatic carbocycles. The molecule has 1 heterocycles. The van der Waals surface area contributed by atoms with Crippen molar-refractivity contribution in [3.63, 3.8) is 0 Å². The second-order valence-electron chi connectivity index (χ2n) is 13.2. The second kappa shape index (κ2) is 26.9. The van der Waals surface area contributed by atoms with Crippen molar-refractivity contribution in [1.82, 2.24) is 14.7 Å². The number of carbonyl (C=O) groups excluding carboxylic acids is 2. The van der Waals surface area contributed by atoms with Gasteiger partial charge in [0.1, 0.15) is 13.2 Å². The molecule has 0 amide bonds. The summed E-state index contributed by atoms with van der Waals surface area (Å²) in [4.78, 5) is 29.8. The highest BCUT2D eigenvalue weighted by atomic mass is 16.5. The summed E-state index contributed by atoms with van der Waals surface area (Å²) in [7, 11) is 0. The van der Waals surface area contributed by atoms with Crippen molar-refractivity contribution >= 4 is 12.4 Å². The van der Waals surface area contributed by atoms with Gasteiger partial charge in [-0.25, -0.2) is 0 Å². The molecule has 9 heteroatoms. The molecule has 0 radical (unpaired) electrons. The third-order valence-corrected chi connectivity index (χ3v) is 9.03. The van der Waals surface area contributed by atoms with Crippen LogP contribution in [0.1, 0.15) is 130 Å². The largest absolute Gasteiger partial charge is 0.467 e. The summed E-state index contributed by atoms with van der Waals surface area (Å²) in [5.74, 6) is -0.185. The van der Waals surface area contributed by atoms with Crippen LogP contribution < -0.4 is 0 Å². The van der Waals surface area contributed by atoms with Crippen LogP contribution >= 0.6 is 0 Å². The van der Waals surface area contributed by atoms with Gasteiger partial charge < -0.3 is 19.7 Å². The Balaban J connectivity index is 2.41. The van der Waals surface area contributed by atoms with Crippen molar-refractivity contribution < 1.29 is 29.3 Å². The van der Waals surface area contributed by atoms with E-state index in [0.717, 1.165) is 58.2 Å². The minimum absolute atomic E-state index is 0.185. The van der Waals surface area contributed by atoms with Crippen molar-refractivity contribution in [3.8, 4) is 0 Å². The van der Waals surface area contributed by atoms with Crippen LogP contribution in [-0.4, -0.2) is 121 Å². The summed E-state index contributed by atoms with van der Waals surface area (Å²) in [5.41, 5.74) is 0. The van der Waals surface area contributed by atoms with Gasteiger partial charge in [0.05, 0.1) is 12.2 Å². The van der Waals surface area contributed by atoms with Crippen LogP contribution in [0.15, 0.2) is 0 Å². The highest BCUT2D eigenvalue weighted by molar-refractivity contribution is 5.69. The van der Waals surface area contributed by atoms with Crippen molar-refractivity contribution in [3.05, 3.63) is 0 Å². The second-order valence-corrected chi connectivity index (χ2v) is 13.2. The average molecular weight is 628 g/mol.